The van der Waals surface area contributed by atoms with Crippen molar-refractivity contribution in [3.8, 4) is 0 Å². The Morgan fingerprint density at radius 3 is 1.21 bits per heavy atom. The minimum atomic E-state index is -2.57. The Morgan fingerprint density at radius 1 is 0.553 bits per heavy atom. The maximum atomic E-state index is 13.0. The van der Waals surface area contributed by atoms with Crippen molar-refractivity contribution in [2.24, 2.45) is 5.92 Å². The first-order chi connectivity index (χ1) is 18.3. The minimum Gasteiger partial charge on any atom is -0.359 e. The molecule has 5 heteroatoms. The van der Waals surface area contributed by atoms with Crippen LogP contribution in [0.4, 0.5) is 0 Å². The van der Waals surface area contributed by atoms with Gasteiger partial charge < -0.3 is 15.1 Å². The van der Waals surface area contributed by atoms with Crippen LogP contribution in [0.25, 0.3) is 0 Å². The summed E-state index contributed by atoms with van der Waals surface area (Å²) in [6.07, 6.45) is 26.7. The first-order valence-electron chi connectivity index (χ1n) is 16.4. The first-order valence-corrected chi connectivity index (χ1v) is 16.4. The zero-order chi connectivity index (χ0) is 28.5. The fourth-order valence-electron chi connectivity index (χ4n) is 5.28. The van der Waals surface area contributed by atoms with E-state index in [4.69, 9.17) is 0 Å². The van der Waals surface area contributed by atoms with E-state index in [1.165, 1.54) is 103 Å². The molecule has 0 amide bonds. The Hall–Kier alpha value is -0.780. The molecule has 0 saturated heterocycles. The summed E-state index contributed by atoms with van der Waals surface area (Å²) >= 11 is 0. The van der Waals surface area contributed by atoms with Crippen molar-refractivity contribution in [2.75, 3.05) is 20.6 Å². The third kappa shape index (κ3) is 20.2. The van der Waals surface area contributed by atoms with Crippen LogP contribution in [0.1, 0.15) is 168 Å². The molecule has 0 aromatic carbocycles. The summed E-state index contributed by atoms with van der Waals surface area (Å²) < 4.78 is 0. The fraction of sp³-hybridized carbons (Fsp3) is 0.939. The highest BCUT2D eigenvalue weighted by Gasteiger charge is 2.45. The number of aliphatic hydroxyl groups is 2. The average Bonchev–Trinajstić information content (AvgIpc) is 2.88. The Kier molecular flexibility index (Phi) is 24.7. The van der Waals surface area contributed by atoms with Crippen molar-refractivity contribution in [3.63, 3.8) is 0 Å². The molecule has 0 aliphatic heterocycles. The molecule has 0 aliphatic rings. The summed E-state index contributed by atoms with van der Waals surface area (Å²) in [5, 5.41) is 21.5. The third-order valence-corrected chi connectivity index (χ3v) is 7.87. The molecule has 0 rings (SSSR count). The molecule has 1 atom stereocenters. The van der Waals surface area contributed by atoms with Crippen LogP contribution < -0.4 is 0 Å². The van der Waals surface area contributed by atoms with Crippen LogP contribution in [-0.2, 0) is 9.59 Å². The van der Waals surface area contributed by atoms with Crippen molar-refractivity contribution in [1.29, 1.82) is 0 Å². The summed E-state index contributed by atoms with van der Waals surface area (Å²) in [7, 11) is 3.60. The van der Waals surface area contributed by atoms with Gasteiger partial charge in [0.1, 0.15) is 5.78 Å². The molecule has 0 aromatic rings. The second-order valence-electron chi connectivity index (χ2n) is 12.0. The van der Waals surface area contributed by atoms with Gasteiger partial charge in [-0.15, -0.1) is 0 Å². The van der Waals surface area contributed by atoms with Gasteiger partial charge in [-0.25, -0.2) is 0 Å². The molecule has 5 nitrogen and oxygen atoms in total. The summed E-state index contributed by atoms with van der Waals surface area (Å²) in [4.78, 5) is 27.5. The molecular formula is C33H65NO4. The molecule has 0 radical (unpaired) electrons. The zero-order valence-corrected chi connectivity index (χ0v) is 25.9. The normalized spacial score (nSPS) is 12.8. The fourth-order valence-corrected chi connectivity index (χ4v) is 5.28. The number of nitrogens with zero attached hydrogens (tertiary/aromatic N) is 1. The predicted molar refractivity (Wildman–Crippen MR) is 161 cm³/mol. The van der Waals surface area contributed by atoms with Crippen molar-refractivity contribution in [3.05, 3.63) is 0 Å². The van der Waals surface area contributed by atoms with Crippen LogP contribution in [0.5, 0.6) is 0 Å². The molecule has 226 valence electrons. The Labute approximate surface area is 236 Å². The molecule has 0 spiro atoms. The van der Waals surface area contributed by atoms with E-state index in [9.17, 15) is 19.8 Å². The molecule has 0 aromatic heterocycles. The SMILES string of the molecule is CCCCCCCCCCCCCC(=O)C(CN(C)C)C(O)(O)C(=O)CCCCCCCCCCCCC. The number of ketones is 2. The Bertz CT molecular complexity index is 561. The molecule has 0 fully saturated rings. The number of hydrogen-bond donors (Lipinski definition) is 2. The van der Waals surface area contributed by atoms with Gasteiger partial charge in [0.05, 0.1) is 5.92 Å². The van der Waals surface area contributed by atoms with Crippen molar-refractivity contribution in [1.82, 2.24) is 4.90 Å². The van der Waals surface area contributed by atoms with E-state index in [1.807, 2.05) is 0 Å². The third-order valence-electron chi connectivity index (χ3n) is 7.87. The summed E-state index contributed by atoms with van der Waals surface area (Å²) in [5.74, 6) is -4.46. The number of Topliss-reactive ketones (excluding diaryl/α,β-unsaturated/α-hetero) is 2. The number of carbonyl (C=O) groups excluding carboxylic acids is 2. The van der Waals surface area contributed by atoms with Crippen molar-refractivity contribution >= 4 is 11.6 Å². The minimum absolute atomic E-state index is 0.125. The molecule has 2 N–H and O–H groups in total. The van der Waals surface area contributed by atoms with Gasteiger partial charge in [-0.1, -0.05) is 142 Å². The summed E-state index contributed by atoms with van der Waals surface area (Å²) in [6, 6.07) is 0. The molecule has 1 unspecified atom stereocenters. The predicted octanol–water partition coefficient (Wildman–Crippen LogP) is 8.39. The van der Waals surface area contributed by atoms with Crippen LogP contribution in [0.2, 0.25) is 0 Å². The number of carbonyl (C=O) groups is 2. The van der Waals surface area contributed by atoms with Gasteiger partial charge in [-0.3, -0.25) is 9.59 Å². The van der Waals surface area contributed by atoms with E-state index in [-0.39, 0.29) is 18.7 Å². The molecule has 0 aliphatic carbocycles. The van der Waals surface area contributed by atoms with Gasteiger partial charge in [-0.2, -0.15) is 0 Å². The first kappa shape index (κ1) is 37.2. The lowest BCUT2D eigenvalue weighted by atomic mass is 9.86. The van der Waals surface area contributed by atoms with Gasteiger partial charge in [0.15, 0.2) is 5.78 Å². The lowest BCUT2D eigenvalue weighted by molar-refractivity contribution is -0.205. The van der Waals surface area contributed by atoms with Gasteiger partial charge in [0, 0.05) is 19.4 Å². The zero-order valence-electron chi connectivity index (χ0n) is 25.9. The van der Waals surface area contributed by atoms with E-state index in [0.29, 0.717) is 12.8 Å². The summed E-state index contributed by atoms with van der Waals surface area (Å²) in [5.41, 5.74) is 0. The second-order valence-corrected chi connectivity index (χ2v) is 12.0. The van der Waals surface area contributed by atoms with Crippen LogP contribution in [0, 0.1) is 5.92 Å². The highest BCUT2D eigenvalue weighted by molar-refractivity contribution is 5.93. The van der Waals surface area contributed by atoms with Crippen LogP contribution >= 0.6 is 0 Å². The van der Waals surface area contributed by atoms with Gasteiger partial charge in [0.2, 0.25) is 5.79 Å². The van der Waals surface area contributed by atoms with E-state index < -0.39 is 17.5 Å². The molecule has 0 saturated carbocycles. The number of unbranched alkanes of at least 4 members (excludes halogenated alkanes) is 20. The van der Waals surface area contributed by atoms with Crippen LogP contribution in [0.15, 0.2) is 0 Å². The molecule has 38 heavy (non-hydrogen) atoms. The highest BCUT2D eigenvalue weighted by atomic mass is 16.5. The van der Waals surface area contributed by atoms with Gasteiger partial charge >= 0.3 is 0 Å². The standard InChI is InChI=1S/C33H65NO4/c1-5-7-9-11-13-15-17-19-21-23-25-27-31(35)30(29-34(3)4)33(37,38)32(36)28-26-24-22-20-18-16-14-12-10-8-6-2/h30,37-38H,5-29H2,1-4H3. The van der Waals surface area contributed by atoms with E-state index in [0.717, 1.165) is 32.1 Å². The Balaban J connectivity index is 4.21. The quantitative estimate of drug-likeness (QED) is 0.0737. The number of rotatable bonds is 29. The maximum Gasteiger partial charge on any atom is 0.235 e. The molecule has 0 bridgehead atoms. The van der Waals surface area contributed by atoms with E-state index in [2.05, 4.69) is 13.8 Å². The monoisotopic (exact) mass is 539 g/mol. The van der Waals surface area contributed by atoms with E-state index in [1.54, 1.807) is 19.0 Å². The summed E-state index contributed by atoms with van der Waals surface area (Å²) in [6.45, 7) is 4.66. The number of hydrogen-bond acceptors (Lipinski definition) is 5. The maximum absolute atomic E-state index is 13.0. The average molecular weight is 540 g/mol. The second kappa shape index (κ2) is 25.2. The Morgan fingerprint density at radius 2 is 0.868 bits per heavy atom. The molecular weight excluding hydrogens is 474 g/mol. The van der Waals surface area contributed by atoms with Crippen LogP contribution in [0.3, 0.4) is 0 Å². The van der Waals surface area contributed by atoms with Gasteiger partial charge in [-0.05, 0) is 26.9 Å². The highest BCUT2D eigenvalue weighted by Crippen LogP contribution is 2.24. The topological polar surface area (TPSA) is 77.8 Å². The smallest absolute Gasteiger partial charge is 0.235 e. The lowest BCUT2D eigenvalue weighted by Gasteiger charge is -2.31. The largest absolute Gasteiger partial charge is 0.359 e. The van der Waals surface area contributed by atoms with Crippen LogP contribution in [-0.4, -0.2) is 53.1 Å². The van der Waals surface area contributed by atoms with Crippen molar-refractivity contribution in [2.45, 2.75) is 174 Å². The molecule has 0 heterocycles. The van der Waals surface area contributed by atoms with E-state index >= 15 is 0 Å². The van der Waals surface area contributed by atoms with Gasteiger partial charge in [0.25, 0.3) is 0 Å². The van der Waals surface area contributed by atoms with Crippen molar-refractivity contribution < 1.29 is 19.8 Å². The lowest BCUT2D eigenvalue weighted by Crippen LogP contribution is -2.52.